The Morgan fingerprint density at radius 3 is 2.58 bits per heavy atom. The molecule has 0 N–H and O–H groups in total. The van der Waals surface area contributed by atoms with Gasteiger partial charge >= 0.3 is 6.09 Å². The van der Waals surface area contributed by atoms with Crippen LogP contribution in [0.1, 0.15) is 69.8 Å². The van der Waals surface area contributed by atoms with Crippen LogP contribution in [0.2, 0.25) is 0 Å². The first kappa shape index (κ1) is 18.7. The van der Waals surface area contributed by atoms with Gasteiger partial charge in [-0.15, -0.1) is 0 Å². The van der Waals surface area contributed by atoms with Crippen LogP contribution >= 0.6 is 0 Å². The van der Waals surface area contributed by atoms with Gasteiger partial charge in [-0.2, -0.15) is 5.10 Å². The third-order valence-corrected chi connectivity index (χ3v) is 5.57. The van der Waals surface area contributed by atoms with E-state index in [-0.39, 0.29) is 24.1 Å². The molecule has 2 amide bonds. The van der Waals surface area contributed by atoms with Crippen molar-refractivity contribution < 1.29 is 14.3 Å². The SMILES string of the molecule is CCCC(C)N1CC2(CCN(C(=O)c3cnn(C(C)C)c3)CC2)OC1=O. The van der Waals surface area contributed by atoms with Crippen molar-refractivity contribution in [2.24, 2.45) is 0 Å². The number of piperidine rings is 1. The van der Waals surface area contributed by atoms with Crippen molar-refractivity contribution in [1.29, 1.82) is 0 Å². The van der Waals surface area contributed by atoms with E-state index in [1.54, 1.807) is 17.1 Å². The third kappa shape index (κ3) is 3.57. The second kappa shape index (κ2) is 7.29. The number of likely N-dealkylation sites (tertiary alicyclic amines) is 1. The van der Waals surface area contributed by atoms with Gasteiger partial charge in [0.15, 0.2) is 0 Å². The molecule has 0 radical (unpaired) electrons. The van der Waals surface area contributed by atoms with E-state index in [9.17, 15) is 9.59 Å². The van der Waals surface area contributed by atoms with Gasteiger partial charge in [0.25, 0.3) is 5.91 Å². The van der Waals surface area contributed by atoms with Gasteiger partial charge in [-0.25, -0.2) is 4.79 Å². The molecule has 3 rings (SSSR count). The van der Waals surface area contributed by atoms with Crippen LogP contribution in [0, 0.1) is 0 Å². The molecule has 2 saturated heterocycles. The molecule has 3 heterocycles. The first-order valence-electron chi connectivity index (χ1n) is 9.68. The first-order chi connectivity index (χ1) is 12.3. The molecule has 2 aliphatic rings. The molecule has 26 heavy (non-hydrogen) atoms. The normalized spacial score (nSPS) is 20.7. The lowest BCUT2D eigenvalue weighted by Crippen LogP contribution is -2.49. The maximum Gasteiger partial charge on any atom is 0.410 e. The fourth-order valence-electron chi connectivity index (χ4n) is 3.85. The summed E-state index contributed by atoms with van der Waals surface area (Å²) in [6, 6.07) is 0.434. The van der Waals surface area contributed by atoms with Gasteiger partial charge < -0.3 is 14.5 Å². The van der Waals surface area contributed by atoms with E-state index in [2.05, 4.69) is 18.9 Å². The summed E-state index contributed by atoms with van der Waals surface area (Å²) in [4.78, 5) is 28.7. The number of hydrogen-bond donors (Lipinski definition) is 0. The molecular formula is C19H30N4O3. The van der Waals surface area contributed by atoms with E-state index in [0.717, 1.165) is 12.8 Å². The highest BCUT2D eigenvalue weighted by Crippen LogP contribution is 2.35. The van der Waals surface area contributed by atoms with Crippen LogP contribution in [0.15, 0.2) is 12.4 Å². The summed E-state index contributed by atoms with van der Waals surface area (Å²) in [5.41, 5.74) is 0.189. The summed E-state index contributed by atoms with van der Waals surface area (Å²) in [6.07, 6.45) is 6.65. The van der Waals surface area contributed by atoms with E-state index in [4.69, 9.17) is 4.74 Å². The number of amides is 2. The molecule has 1 aromatic heterocycles. The summed E-state index contributed by atoms with van der Waals surface area (Å²) in [7, 11) is 0. The molecule has 2 aliphatic heterocycles. The monoisotopic (exact) mass is 362 g/mol. The van der Waals surface area contributed by atoms with Crippen LogP contribution in [0.25, 0.3) is 0 Å². The highest BCUT2D eigenvalue weighted by molar-refractivity contribution is 5.93. The van der Waals surface area contributed by atoms with E-state index in [0.29, 0.717) is 38.0 Å². The molecule has 7 nitrogen and oxygen atoms in total. The van der Waals surface area contributed by atoms with Crippen molar-refractivity contribution >= 4 is 12.0 Å². The summed E-state index contributed by atoms with van der Waals surface area (Å²) < 4.78 is 7.57. The minimum absolute atomic E-state index is 0.00674. The second-order valence-corrected chi connectivity index (χ2v) is 7.91. The van der Waals surface area contributed by atoms with E-state index >= 15 is 0 Å². The summed E-state index contributed by atoms with van der Waals surface area (Å²) in [6.45, 7) is 10.1. The minimum atomic E-state index is -0.433. The Morgan fingerprint density at radius 2 is 2.00 bits per heavy atom. The highest BCUT2D eigenvalue weighted by Gasteiger charge is 2.48. The fourth-order valence-corrected chi connectivity index (χ4v) is 3.85. The van der Waals surface area contributed by atoms with Crippen molar-refractivity contribution in [3.8, 4) is 0 Å². The van der Waals surface area contributed by atoms with Gasteiger partial charge in [-0.1, -0.05) is 13.3 Å². The molecule has 0 aromatic carbocycles. The van der Waals surface area contributed by atoms with Crippen LogP contribution in [0.4, 0.5) is 4.79 Å². The Bertz CT molecular complexity index is 661. The van der Waals surface area contributed by atoms with Crippen molar-refractivity contribution in [2.75, 3.05) is 19.6 Å². The number of ether oxygens (including phenoxy) is 1. The van der Waals surface area contributed by atoms with E-state index in [1.165, 1.54) is 0 Å². The molecule has 1 aromatic rings. The second-order valence-electron chi connectivity index (χ2n) is 7.91. The lowest BCUT2D eigenvalue weighted by Gasteiger charge is -2.37. The zero-order valence-corrected chi connectivity index (χ0v) is 16.3. The lowest BCUT2D eigenvalue weighted by molar-refractivity contribution is 0.00306. The van der Waals surface area contributed by atoms with Crippen molar-refractivity contribution in [3.63, 3.8) is 0 Å². The van der Waals surface area contributed by atoms with E-state index < -0.39 is 5.60 Å². The molecule has 1 unspecified atom stereocenters. The third-order valence-electron chi connectivity index (χ3n) is 5.57. The van der Waals surface area contributed by atoms with Gasteiger partial charge in [0.1, 0.15) is 5.60 Å². The molecular weight excluding hydrogens is 332 g/mol. The van der Waals surface area contributed by atoms with Gasteiger partial charge in [0.05, 0.1) is 18.3 Å². The summed E-state index contributed by atoms with van der Waals surface area (Å²) in [5.74, 6) is 0.00674. The molecule has 0 aliphatic carbocycles. The van der Waals surface area contributed by atoms with Crippen LogP contribution in [0.5, 0.6) is 0 Å². The van der Waals surface area contributed by atoms with E-state index in [1.807, 2.05) is 23.6 Å². The lowest BCUT2D eigenvalue weighted by atomic mass is 9.90. The molecule has 0 saturated carbocycles. The highest BCUT2D eigenvalue weighted by atomic mass is 16.6. The van der Waals surface area contributed by atoms with Gasteiger partial charge in [-0.3, -0.25) is 9.48 Å². The van der Waals surface area contributed by atoms with Crippen LogP contribution in [-0.4, -0.2) is 62.9 Å². The standard InChI is InChI=1S/C19H30N4O3/c1-5-6-15(4)22-13-19(26-18(22)25)7-9-21(10-8-19)17(24)16-11-20-23(12-16)14(2)3/h11-12,14-15H,5-10,13H2,1-4H3. The predicted octanol–water partition coefficient (Wildman–Crippen LogP) is 3.08. The molecule has 1 spiro atoms. The number of nitrogens with zero attached hydrogens (tertiary/aromatic N) is 4. The smallest absolute Gasteiger partial charge is 0.410 e. The van der Waals surface area contributed by atoms with Gasteiger partial charge in [-0.05, 0) is 27.2 Å². The average Bonchev–Trinajstić information content (AvgIpc) is 3.21. The maximum absolute atomic E-state index is 12.7. The average molecular weight is 362 g/mol. The topological polar surface area (TPSA) is 67.7 Å². The number of carbonyl (C=O) groups is 2. The number of hydrogen-bond acceptors (Lipinski definition) is 4. The number of aromatic nitrogens is 2. The zero-order chi connectivity index (χ0) is 18.9. The Balaban J connectivity index is 1.60. The molecule has 2 fully saturated rings. The summed E-state index contributed by atoms with van der Waals surface area (Å²) in [5, 5.41) is 4.25. The fraction of sp³-hybridized carbons (Fsp3) is 0.737. The minimum Gasteiger partial charge on any atom is -0.441 e. The molecule has 7 heteroatoms. The Morgan fingerprint density at radius 1 is 1.31 bits per heavy atom. The van der Waals surface area contributed by atoms with Crippen LogP contribution < -0.4 is 0 Å². The van der Waals surface area contributed by atoms with Gasteiger partial charge in [0.2, 0.25) is 0 Å². The Labute approximate surface area is 155 Å². The zero-order valence-electron chi connectivity index (χ0n) is 16.3. The largest absolute Gasteiger partial charge is 0.441 e. The first-order valence-corrected chi connectivity index (χ1v) is 9.68. The quantitative estimate of drug-likeness (QED) is 0.807. The van der Waals surface area contributed by atoms with Crippen LogP contribution in [-0.2, 0) is 4.74 Å². The van der Waals surface area contributed by atoms with Crippen molar-refractivity contribution in [3.05, 3.63) is 18.0 Å². The number of rotatable bonds is 5. The van der Waals surface area contributed by atoms with Crippen molar-refractivity contribution in [1.82, 2.24) is 19.6 Å². The van der Waals surface area contributed by atoms with Crippen LogP contribution in [0.3, 0.4) is 0 Å². The maximum atomic E-state index is 12.7. The molecule has 1 atom stereocenters. The predicted molar refractivity (Wildman–Crippen MR) is 98.0 cm³/mol. The summed E-state index contributed by atoms with van der Waals surface area (Å²) >= 11 is 0. The van der Waals surface area contributed by atoms with Gasteiger partial charge in [0, 0.05) is 44.2 Å². The number of carbonyl (C=O) groups excluding carboxylic acids is 2. The molecule has 144 valence electrons. The van der Waals surface area contributed by atoms with Crippen molar-refractivity contribution in [2.45, 2.75) is 71.1 Å². The Kier molecular flexibility index (Phi) is 5.25. The Hall–Kier alpha value is -2.05. The molecule has 0 bridgehead atoms.